The van der Waals surface area contributed by atoms with Gasteiger partial charge >= 0.3 is 5.97 Å². The SMILES string of the molecule is COC(=O)c1c(NC(=O)CSc2cccc(NC(=O)/C(=C/c3ccccc3F)NC(=O)c3ccccc3)c2)sc2c1CCCCC2. The van der Waals surface area contributed by atoms with Crippen molar-refractivity contribution in [3.8, 4) is 0 Å². The number of rotatable bonds is 10. The molecule has 0 saturated heterocycles. The number of carbonyl (C=O) groups excluding carboxylic acids is 4. The fraction of sp³-hybridized carbons (Fsp3) is 0.200. The zero-order chi connectivity index (χ0) is 32.5. The standard InChI is InChI=1S/C35H32FN3O5S2/c1-44-35(43)31-26-16-6-3-7-18-29(26)46-34(31)39-30(40)21-45-25-15-10-14-24(20-25)37-33(42)28(19-23-13-8-9-17-27(23)36)38-32(41)22-11-4-2-5-12-22/h2,4-5,8-15,17,19-20H,3,6-7,16,18,21H2,1H3,(H,37,42)(H,38,41)(H,39,40)/b28-19-. The second-order valence-corrected chi connectivity index (χ2v) is 12.6. The lowest BCUT2D eigenvalue weighted by Crippen LogP contribution is -2.30. The Balaban J connectivity index is 1.27. The predicted octanol–water partition coefficient (Wildman–Crippen LogP) is 7.08. The molecule has 236 valence electrons. The van der Waals surface area contributed by atoms with Crippen LogP contribution >= 0.6 is 23.1 Å². The van der Waals surface area contributed by atoms with Crippen LogP contribution in [0.1, 0.15) is 56.0 Å². The molecule has 0 aliphatic heterocycles. The number of hydrogen-bond donors (Lipinski definition) is 3. The molecule has 11 heteroatoms. The molecule has 0 atom stereocenters. The number of hydrogen-bond acceptors (Lipinski definition) is 7. The minimum atomic E-state index is -0.653. The van der Waals surface area contributed by atoms with Crippen molar-refractivity contribution in [2.45, 2.75) is 37.0 Å². The van der Waals surface area contributed by atoms with Gasteiger partial charge in [0, 0.05) is 26.6 Å². The summed E-state index contributed by atoms with van der Waals surface area (Å²) in [5.74, 6) is -2.39. The maximum absolute atomic E-state index is 14.5. The first kappa shape index (κ1) is 32.6. The van der Waals surface area contributed by atoms with E-state index in [1.165, 1.54) is 54.5 Å². The van der Waals surface area contributed by atoms with Gasteiger partial charge in [-0.3, -0.25) is 14.4 Å². The molecule has 3 aromatic carbocycles. The number of esters is 1. The minimum absolute atomic E-state index is 0.0617. The molecule has 3 N–H and O–H groups in total. The molecule has 8 nitrogen and oxygen atoms in total. The van der Waals surface area contributed by atoms with Gasteiger partial charge in [0.25, 0.3) is 11.8 Å². The van der Waals surface area contributed by atoms with Crippen molar-refractivity contribution in [1.29, 1.82) is 0 Å². The molecule has 4 aromatic rings. The normalized spacial score (nSPS) is 12.8. The van der Waals surface area contributed by atoms with E-state index in [0.717, 1.165) is 42.5 Å². The first-order valence-electron chi connectivity index (χ1n) is 14.7. The summed E-state index contributed by atoms with van der Waals surface area (Å²) < 4.78 is 19.5. The third-order valence-corrected chi connectivity index (χ3v) is 9.46. The van der Waals surface area contributed by atoms with Crippen LogP contribution in [0, 0.1) is 5.82 Å². The Morgan fingerprint density at radius 3 is 2.46 bits per heavy atom. The number of anilines is 2. The van der Waals surface area contributed by atoms with E-state index in [2.05, 4.69) is 16.0 Å². The van der Waals surface area contributed by atoms with Crippen LogP contribution in [-0.4, -0.2) is 36.6 Å². The molecule has 0 radical (unpaired) electrons. The highest BCUT2D eigenvalue weighted by Crippen LogP contribution is 2.38. The van der Waals surface area contributed by atoms with Gasteiger partial charge in [-0.1, -0.05) is 48.9 Å². The second kappa shape index (κ2) is 15.5. The van der Waals surface area contributed by atoms with Crippen molar-refractivity contribution in [2.75, 3.05) is 23.5 Å². The number of aryl methyl sites for hydroxylation is 1. The maximum atomic E-state index is 14.5. The van der Waals surface area contributed by atoms with E-state index in [9.17, 15) is 23.6 Å². The highest BCUT2D eigenvalue weighted by Gasteiger charge is 2.26. The van der Waals surface area contributed by atoms with E-state index in [1.807, 2.05) is 0 Å². The van der Waals surface area contributed by atoms with Gasteiger partial charge in [-0.25, -0.2) is 9.18 Å². The lowest BCUT2D eigenvalue weighted by molar-refractivity contribution is -0.114. The molecular formula is C35H32FN3O5S2. The zero-order valence-electron chi connectivity index (χ0n) is 25.1. The molecule has 1 aliphatic rings. The van der Waals surface area contributed by atoms with Crippen LogP contribution in [0.5, 0.6) is 0 Å². The van der Waals surface area contributed by atoms with Gasteiger partial charge in [0.05, 0.1) is 18.4 Å². The van der Waals surface area contributed by atoms with Crippen molar-refractivity contribution >= 4 is 63.6 Å². The van der Waals surface area contributed by atoms with Gasteiger partial charge in [0.15, 0.2) is 0 Å². The summed E-state index contributed by atoms with van der Waals surface area (Å²) >= 11 is 2.70. The lowest BCUT2D eigenvalue weighted by Gasteiger charge is -2.12. The molecule has 5 rings (SSSR count). The summed E-state index contributed by atoms with van der Waals surface area (Å²) in [6, 6.07) is 21.2. The molecule has 46 heavy (non-hydrogen) atoms. The number of methoxy groups -OCH3 is 1. The Morgan fingerprint density at radius 2 is 1.67 bits per heavy atom. The Bertz CT molecular complexity index is 1790. The smallest absolute Gasteiger partial charge is 0.341 e. The Hall–Kier alpha value is -4.74. The van der Waals surface area contributed by atoms with Crippen molar-refractivity contribution in [3.05, 3.63) is 118 Å². The molecule has 0 spiro atoms. The summed E-state index contributed by atoms with van der Waals surface area (Å²) in [6.07, 6.45) is 6.08. The van der Waals surface area contributed by atoms with Crippen molar-refractivity contribution in [1.82, 2.24) is 5.32 Å². The quantitative estimate of drug-likeness (QED) is 0.0727. The summed E-state index contributed by atoms with van der Waals surface area (Å²) in [6.45, 7) is 0. The molecule has 0 unspecified atom stereocenters. The second-order valence-electron chi connectivity index (χ2n) is 10.5. The highest BCUT2D eigenvalue weighted by molar-refractivity contribution is 8.00. The monoisotopic (exact) mass is 657 g/mol. The van der Waals surface area contributed by atoms with Crippen LogP contribution in [0.15, 0.2) is 89.5 Å². The van der Waals surface area contributed by atoms with E-state index < -0.39 is 23.6 Å². The number of benzene rings is 3. The highest BCUT2D eigenvalue weighted by atomic mass is 32.2. The van der Waals surface area contributed by atoms with Gasteiger partial charge in [0.2, 0.25) is 5.91 Å². The first-order chi connectivity index (χ1) is 22.3. The average molecular weight is 658 g/mol. The van der Waals surface area contributed by atoms with E-state index in [-0.39, 0.29) is 22.9 Å². The molecule has 1 heterocycles. The fourth-order valence-corrected chi connectivity index (χ4v) is 7.06. The third-order valence-electron chi connectivity index (χ3n) is 7.26. The van der Waals surface area contributed by atoms with Gasteiger partial charge in [-0.2, -0.15) is 0 Å². The summed E-state index contributed by atoms with van der Waals surface area (Å²) in [4.78, 5) is 53.7. The Labute approximate surface area is 274 Å². The minimum Gasteiger partial charge on any atom is -0.465 e. The van der Waals surface area contributed by atoms with Crippen molar-refractivity contribution in [2.24, 2.45) is 0 Å². The van der Waals surface area contributed by atoms with E-state index >= 15 is 0 Å². The largest absolute Gasteiger partial charge is 0.465 e. The molecule has 3 amide bonds. The van der Waals surface area contributed by atoms with Crippen LogP contribution in [0.3, 0.4) is 0 Å². The summed E-state index contributed by atoms with van der Waals surface area (Å²) in [7, 11) is 1.34. The van der Waals surface area contributed by atoms with E-state index in [0.29, 0.717) is 26.7 Å². The first-order valence-corrected chi connectivity index (χ1v) is 16.5. The Morgan fingerprint density at radius 1 is 0.913 bits per heavy atom. The van der Waals surface area contributed by atoms with Crippen molar-refractivity contribution < 1.29 is 28.3 Å². The van der Waals surface area contributed by atoms with Gasteiger partial charge in [0.1, 0.15) is 16.5 Å². The van der Waals surface area contributed by atoms with Crippen LogP contribution in [0.2, 0.25) is 0 Å². The number of thioether (sulfide) groups is 1. The molecule has 1 aliphatic carbocycles. The Kier molecular flexibility index (Phi) is 11.0. The number of halogens is 1. The summed E-state index contributed by atoms with van der Waals surface area (Å²) in [5.41, 5.74) is 2.17. The molecule has 0 bridgehead atoms. The maximum Gasteiger partial charge on any atom is 0.341 e. The van der Waals surface area contributed by atoms with E-state index in [1.54, 1.807) is 60.7 Å². The molecule has 0 saturated carbocycles. The third kappa shape index (κ3) is 8.29. The lowest BCUT2D eigenvalue weighted by atomic mass is 10.1. The number of nitrogens with one attached hydrogen (secondary N) is 3. The van der Waals surface area contributed by atoms with Crippen LogP contribution in [-0.2, 0) is 27.2 Å². The number of carbonyl (C=O) groups is 4. The van der Waals surface area contributed by atoms with Gasteiger partial charge < -0.3 is 20.7 Å². The number of fused-ring (bicyclic) bond motifs is 1. The van der Waals surface area contributed by atoms with Crippen LogP contribution in [0.25, 0.3) is 6.08 Å². The van der Waals surface area contributed by atoms with Crippen LogP contribution in [0.4, 0.5) is 15.1 Å². The zero-order valence-corrected chi connectivity index (χ0v) is 26.7. The molecular weight excluding hydrogens is 626 g/mol. The summed E-state index contributed by atoms with van der Waals surface area (Å²) in [5, 5.41) is 8.77. The van der Waals surface area contributed by atoms with E-state index in [4.69, 9.17) is 4.74 Å². The van der Waals surface area contributed by atoms with Gasteiger partial charge in [-0.05, 0) is 73.7 Å². The van der Waals surface area contributed by atoms with Crippen molar-refractivity contribution in [3.63, 3.8) is 0 Å². The van der Waals surface area contributed by atoms with Gasteiger partial charge in [-0.15, -0.1) is 23.1 Å². The molecule has 0 fully saturated rings. The predicted molar refractivity (Wildman–Crippen MR) is 180 cm³/mol. The number of thiophene rings is 1. The fourth-order valence-electron chi connectivity index (χ4n) is 5.01. The molecule has 1 aromatic heterocycles. The average Bonchev–Trinajstić information content (AvgIpc) is 3.23. The van der Waals surface area contributed by atoms with Crippen LogP contribution < -0.4 is 16.0 Å². The number of ether oxygens (including phenoxy) is 1. The number of amides is 3. The topological polar surface area (TPSA) is 114 Å².